The van der Waals surface area contributed by atoms with E-state index >= 15 is 0 Å². The number of carbonyl (C=O) groups excluding carboxylic acids is 1. The highest BCUT2D eigenvalue weighted by atomic mass is 32.1. The van der Waals surface area contributed by atoms with Gasteiger partial charge in [0.25, 0.3) is 5.91 Å². The van der Waals surface area contributed by atoms with Crippen molar-refractivity contribution in [3.63, 3.8) is 0 Å². The van der Waals surface area contributed by atoms with Crippen LogP contribution in [0.5, 0.6) is 11.5 Å². The van der Waals surface area contributed by atoms with Crippen LogP contribution in [-0.2, 0) is 7.05 Å². The number of aryl methyl sites for hydroxylation is 2. The van der Waals surface area contributed by atoms with Gasteiger partial charge in [0, 0.05) is 31.4 Å². The van der Waals surface area contributed by atoms with E-state index in [1.54, 1.807) is 30.1 Å². The minimum absolute atomic E-state index is 0.224. The van der Waals surface area contributed by atoms with Crippen molar-refractivity contribution in [2.75, 3.05) is 12.1 Å². The molecule has 10 heteroatoms. The number of nitrogens with zero attached hydrogens (tertiary/aromatic N) is 5. The molecule has 4 aromatic rings. The molecule has 9 nitrogen and oxygen atoms in total. The lowest BCUT2D eigenvalue weighted by atomic mass is 10.3. The monoisotopic (exact) mass is 382 g/mol. The number of hydrogen-bond donors (Lipinski definition) is 1. The summed E-state index contributed by atoms with van der Waals surface area (Å²) >= 11 is 1.46. The molecule has 4 heterocycles. The lowest BCUT2D eigenvalue weighted by Gasteiger charge is -2.06. The zero-order valence-electron chi connectivity index (χ0n) is 14.5. The molecule has 0 bridgehead atoms. The largest absolute Gasteiger partial charge is 0.454 e. The average molecular weight is 382 g/mol. The molecule has 1 aliphatic rings. The van der Waals surface area contributed by atoms with Gasteiger partial charge in [-0.15, -0.1) is 0 Å². The predicted molar refractivity (Wildman–Crippen MR) is 98.8 cm³/mol. The van der Waals surface area contributed by atoms with Crippen LogP contribution >= 0.6 is 11.3 Å². The fourth-order valence-electron chi connectivity index (χ4n) is 2.91. The molecule has 0 unspecified atom stereocenters. The highest BCUT2D eigenvalue weighted by molar-refractivity contribution is 7.20. The number of amides is 1. The summed E-state index contributed by atoms with van der Waals surface area (Å²) in [5.74, 6) is 1.66. The summed E-state index contributed by atoms with van der Waals surface area (Å²) in [6, 6.07) is 7.21. The molecule has 3 aromatic heterocycles. The van der Waals surface area contributed by atoms with E-state index in [1.807, 2.05) is 19.1 Å². The Balaban J connectivity index is 1.53. The minimum atomic E-state index is -0.266. The molecule has 1 amide bonds. The van der Waals surface area contributed by atoms with E-state index in [-0.39, 0.29) is 12.7 Å². The predicted octanol–water partition coefficient (Wildman–Crippen LogP) is 2.50. The Morgan fingerprint density at radius 2 is 2.07 bits per heavy atom. The molecule has 5 rings (SSSR count). The molecule has 0 atom stereocenters. The number of thiazole rings is 1. The number of hydrogen-bond acceptors (Lipinski definition) is 7. The van der Waals surface area contributed by atoms with Crippen molar-refractivity contribution in [3.05, 3.63) is 41.9 Å². The highest BCUT2D eigenvalue weighted by Crippen LogP contribution is 2.38. The van der Waals surface area contributed by atoms with Gasteiger partial charge in [0.05, 0.1) is 15.9 Å². The van der Waals surface area contributed by atoms with Crippen LogP contribution in [0.3, 0.4) is 0 Å². The SMILES string of the molecule is Cc1cc(NC(=O)c2ccnn2C)n(-c2nc3cc4c(cc3s2)OCO4)n1. The third-order valence-electron chi connectivity index (χ3n) is 4.18. The Hall–Kier alpha value is -3.40. The Bertz CT molecular complexity index is 1150. The van der Waals surface area contributed by atoms with Crippen molar-refractivity contribution < 1.29 is 14.3 Å². The zero-order valence-corrected chi connectivity index (χ0v) is 15.3. The molecular formula is C17H14N6O3S. The van der Waals surface area contributed by atoms with Gasteiger partial charge in [-0.3, -0.25) is 9.48 Å². The Labute approximate surface area is 157 Å². The van der Waals surface area contributed by atoms with E-state index in [4.69, 9.17) is 9.47 Å². The van der Waals surface area contributed by atoms with Gasteiger partial charge in [-0.2, -0.15) is 14.9 Å². The van der Waals surface area contributed by atoms with Crippen molar-refractivity contribution in [1.82, 2.24) is 24.5 Å². The highest BCUT2D eigenvalue weighted by Gasteiger charge is 2.20. The van der Waals surface area contributed by atoms with Gasteiger partial charge in [-0.25, -0.2) is 4.98 Å². The van der Waals surface area contributed by atoms with Crippen molar-refractivity contribution >= 4 is 33.3 Å². The zero-order chi connectivity index (χ0) is 18.5. The Kier molecular flexibility index (Phi) is 3.41. The minimum Gasteiger partial charge on any atom is -0.454 e. The van der Waals surface area contributed by atoms with E-state index < -0.39 is 0 Å². The van der Waals surface area contributed by atoms with E-state index in [0.29, 0.717) is 28.1 Å². The van der Waals surface area contributed by atoms with Crippen LogP contribution in [0, 0.1) is 6.92 Å². The van der Waals surface area contributed by atoms with Crippen molar-refractivity contribution in [3.8, 4) is 16.6 Å². The van der Waals surface area contributed by atoms with Gasteiger partial charge < -0.3 is 14.8 Å². The number of aromatic nitrogens is 5. The Morgan fingerprint density at radius 1 is 1.26 bits per heavy atom. The maximum Gasteiger partial charge on any atom is 0.275 e. The molecule has 0 saturated carbocycles. The van der Waals surface area contributed by atoms with E-state index in [9.17, 15) is 4.79 Å². The van der Waals surface area contributed by atoms with Gasteiger partial charge >= 0.3 is 0 Å². The van der Waals surface area contributed by atoms with Crippen molar-refractivity contribution in [2.24, 2.45) is 7.05 Å². The van der Waals surface area contributed by atoms with E-state index in [0.717, 1.165) is 15.9 Å². The average Bonchev–Trinajstić information content (AvgIpc) is 3.38. The second-order valence-corrected chi connectivity index (χ2v) is 7.06. The topological polar surface area (TPSA) is 96.1 Å². The lowest BCUT2D eigenvalue weighted by molar-refractivity contribution is 0.101. The third kappa shape index (κ3) is 2.61. The quantitative estimate of drug-likeness (QED) is 0.585. The molecule has 1 aliphatic heterocycles. The first-order valence-corrected chi connectivity index (χ1v) is 8.97. The normalized spacial score (nSPS) is 12.7. The smallest absolute Gasteiger partial charge is 0.275 e. The first-order valence-electron chi connectivity index (χ1n) is 8.15. The molecule has 0 aliphatic carbocycles. The number of ether oxygens (including phenoxy) is 2. The lowest BCUT2D eigenvalue weighted by Crippen LogP contribution is -2.18. The van der Waals surface area contributed by atoms with Crippen LogP contribution in [0.4, 0.5) is 5.82 Å². The molecule has 27 heavy (non-hydrogen) atoms. The second kappa shape index (κ2) is 5.81. The summed E-state index contributed by atoms with van der Waals surface area (Å²) in [4.78, 5) is 17.2. The van der Waals surface area contributed by atoms with E-state index in [2.05, 4.69) is 20.5 Å². The van der Waals surface area contributed by atoms with Gasteiger partial charge in [-0.1, -0.05) is 11.3 Å². The van der Waals surface area contributed by atoms with Crippen LogP contribution < -0.4 is 14.8 Å². The Morgan fingerprint density at radius 3 is 2.85 bits per heavy atom. The maximum absolute atomic E-state index is 12.5. The molecule has 1 N–H and O–H groups in total. The molecule has 0 radical (unpaired) electrons. The molecule has 0 saturated heterocycles. The van der Waals surface area contributed by atoms with Crippen LogP contribution in [0.15, 0.2) is 30.5 Å². The van der Waals surface area contributed by atoms with Crippen LogP contribution in [0.1, 0.15) is 16.2 Å². The number of rotatable bonds is 3. The van der Waals surface area contributed by atoms with Crippen molar-refractivity contribution in [2.45, 2.75) is 6.92 Å². The number of fused-ring (bicyclic) bond motifs is 2. The van der Waals surface area contributed by atoms with Crippen LogP contribution in [-0.4, -0.2) is 37.2 Å². The van der Waals surface area contributed by atoms with E-state index in [1.165, 1.54) is 16.0 Å². The van der Waals surface area contributed by atoms with Gasteiger partial charge in [0.2, 0.25) is 11.9 Å². The summed E-state index contributed by atoms with van der Waals surface area (Å²) in [5, 5.41) is 12.0. The molecular weight excluding hydrogens is 368 g/mol. The molecule has 0 spiro atoms. The van der Waals surface area contributed by atoms with Crippen LogP contribution in [0.2, 0.25) is 0 Å². The third-order valence-corrected chi connectivity index (χ3v) is 5.17. The summed E-state index contributed by atoms with van der Waals surface area (Å²) in [6.45, 7) is 2.09. The number of anilines is 1. The summed E-state index contributed by atoms with van der Waals surface area (Å²) in [7, 11) is 1.72. The number of benzene rings is 1. The second-order valence-electron chi connectivity index (χ2n) is 6.05. The first-order chi connectivity index (χ1) is 13.1. The number of carbonyl (C=O) groups is 1. The van der Waals surface area contributed by atoms with Gasteiger partial charge in [0.15, 0.2) is 11.5 Å². The van der Waals surface area contributed by atoms with Crippen LogP contribution in [0.25, 0.3) is 15.3 Å². The maximum atomic E-state index is 12.5. The molecule has 0 fully saturated rings. The number of nitrogens with one attached hydrogen (secondary N) is 1. The summed E-state index contributed by atoms with van der Waals surface area (Å²) in [6.07, 6.45) is 1.58. The summed E-state index contributed by atoms with van der Waals surface area (Å²) in [5.41, 5.74) is 2.01. The van der Waals surface area contributed by atoms with Gasteiger partial charge in [-0.05, 0) is 13.0 Å². The fraction of sp³-hybridized carbons (Fsp3) is 0.176. The summed E-state index contributed by atoms with van der Waals surface area (Å²) < 4.78 is 14.9. The van der Waals surface area contributed by atoms with Crippen molar-refractivity contribution in [1.29, 1.82) is 0 Å². The first kappa shape index (κ1) is 15.8. The molecule has 136 valence electrons. The van der Waals surface area contributed by atoms with Gasteiger partial charge in [0.1, 0.15) is 11.5 Å². The standard InChI is InChI=1S/C17H14N6O3S/c1-9-5-15(20-16(24)11-3-4-18-22(11)2)23(21-9)17-19-10-6-12-13(26-8-25-12)7-14(10)27-17/h3-7H,8H2,1-2H3,(H,20,24). The molecule has 1 aromatic carbocycles. The fourth-order valence-corrected chi connectivity index (χ4v) is 3.85.